The Morgan fingerprint density at radius 2 is 1.71 bits per heavy atom. The summed E-state index contributed by atoms with van der Waals surface area (Å²) in [6.07, 6.45) is 1.95. The smallest absolute Gasteiger partial charge is 0.410 e. The van der Waals surface area contributed by atoms with Gasteiger partial charge in [-0.2, -0.15) is 0 Å². The zero-order chi connectivity index (χ0) is 24.6. The maximum Gasteiger partial charge on any atom is 0.410 e. The molecule has 2 N–H and O–H groups in total. The highest BCUT2D eigenvalue weighted by Gasteiger charge is 2.31. The van der Waals surface area contributed by atoms with Crippen LogP contribution in [0.3, 0.4) is 0 Å². The van der Waals surface area contributed by atoms with Crippen LogP contribution in [0.2, 0.25) is 0 Å². The second-order valence-corrected chi connectivity index (χ2v) is 9.44. The third-order valence-corrected chi connectivity index (χ3v) is 7.01. The number of piperidine rings is 1. The van der Waals surface area contributed by atoms with Gasteiger partial charge in [0.15, 0.2) is 0 Å². The van der Waals surface area contributed by atoms with Crippen molar-refractivity contribution in [2.45, 2.75) is 38.2 Å². The van der Waals surface area contributed by atoms with Crippen molar-refractivity contribution in [2.24, 2.45) is 0 Å². The first kappa shape index (κ1) is 24.5. The number of rotatable bonds is 8. The van der Waals surface area contributed by atoms with E-state index in [1.807, 2.05) is 60.7 Å². The van der Waals surface area contributed by atoms with Crippen molar-refractivity contribution >= 4 is 34.3 Å². The first-order chi connectivity index (χ1) is 17.0. The van der Waals surface area contributed by atoms with Gasteiger partial charge in [-0.15, -0.1) is 11.3 Å². The summed E-state index contributed by atoms with van der Waals surface area (Å²) in [6.45, 7) is 1.14. The number of nitrogens with one attached hydrogen (secondary N) is 1. The molecular formula is C27H28N2O5S. The van der Waals surface area contributed by atoms with E-state index in [0.717, 1.165) is 24.0 Å². The highest BCUT2D eigenvalue weighted by atomic mass is 32.1. The van der Waals surface area contributed by atoms with E-state index >= 15 is 0 Å². The standard InChI is InChI=1S/C27H28N2O5S/c30-23(14-13-19-8-3-1-4-9-19)28-25-24(26(31)32)22(18-35-25)21-12-7-15-29(16-21)27(33)34-17-20-10-5-2-6-11-20/h1-6,8-11,18,21H,7,12-17H2,(H,28,30)(H,31,32). The Bertz CT molecular complexity index is 1160. The van der Waals surface area contributed by atoms with Crippen molar-refractivity contribution in [3.63, 3.8) is 0 Å². The van der Waals surface area contributed by atoms with Gasteiger partial charge >= 0.3 is 12.1 Å². The Balaban J connectivity index is 1.39. The number of carboxylic acid groups (broad SMARTS) is 1. The average molecular weight is 493 g/mol. The molecule has 2 heterocycles. The Labute approximate surface area is 208 Å². The number of amides is 2. The Kier molecular flexibility index (Phi) is 8.15. The van der Waals surface area contributed by atoms with E-state index in [0.29, 0.717) is 30.1 Å². The lowest BCUT2D eigenvalue weighted by Crippen LogP contribution is -2.39. The first-order valence-electron chi connectivity index (χ1n) is 11.7. The number of aryl methyl sites for hydroxylation is 1. The van der Waals surface area contributed by atoms with Crippen LogP contribution in [0.25, 0.3) is 0 Å². The number of anilines is 1. The zero-order valence-electron chi connectivity index (χ0n) is 19.3. The number of benzene rings is 2. The molecule has 0 radical (unpaired) electrons. The molecule has 2 aromatic carbocycles. The third-order valence-electron chi connectivity index (χ3n) is 6.09. The Morgan fingerprint density at radius 3 is 2.40 bits per heavy atom. The van der Waals surface area contributed by atoms with Crippen molar-refractivity contribution in [3.05, 3.63) is 88.3 Å². The monoisotopic (exact) mass is 492 g/mol. The van der Waals surface area contributed by atoms with Crippen LogP contribution < -0.4 is 5.32 Å². The van der Waals surface area contributed by atoms with Crippen molar-refractivity contribution in [1.29, 1.82) is 0 Å². The van der Waals surface area contributed by atoms with E-state index in [-0.39, 0.29) is 30.4 Å². The summed E-state index contributed by atoms with van der Waals surface area (Å²) in [5.41, 5.74) is 2.73. The molecule has 1 aromatic heterocycles. The van der Waals surface area contributed by atoms with Gasteiger partial charge in [-0.1, -0.05) is 60.7 Å². The van der Waals surface area contributed by atoms with Crippen LogP contribution in [-0.4, -0.2) is 41.1 Å². The van der Waals surface area contributed by atoms with E-state index in [2.05, 4.69) is 5.32 Å². The summed E-state index contributed by atoms with van der Waals surface area (Å²) in [5, 5.41) is 14.8. The molecule has 0 aliphatic carbocycles. The normalized spacial score (nSPS) is 15.4. The summed E-state index contributed by atoms with van der Waals surface area (Å²) >= 11 is 1.22. The second-order valence-electron chi connectivity index (χ2n) is 8.56. The first-order valence-corrected chi connectivity index (χ1v) is 12.5. The highest BCUT2D eigenvalue weighted by molar-refractivity contribution is 7.15. The molecular weight excluding hydrogens is 464 g/mol. The maximum absolute atomic E-state index is 12.6. The van der Waals surface area contributed by atoms with Gasteiger partial charge in [0.25, 0.3) is 0 Å². The summed E-state index contributed by atoms with van der Waals surface area (Å²) in [6, 6.07) is 19.2. The fraction of sp³-hybridized carbons (Fsp3) is 0.296. The summed E-state index contributed by atoms with van der Waals surface area (Å²) in [5.74, 6) is -1.44. The van der Waals surface area contributed by atoms with Crippen LogP contribution in [-0.2, 0) is 22.6 Å². The fourth-order valence-corrected chi connectivity index (χ4v) is 5.33. The largest absolute Gasteiger partial charge is 0.478 e. The van der Waals surface area contributed by atoms with Crippen LogP contribution in [0.1, 0.15) is 52.2 Å². The van der Waals surface area contributed by atoms with Gasteiger partial charge in [-0.05, 0) is 41.3 Å². The molecule has 35 heavy (non-hydrogen) atoms. The number of ether oxygens (including phenoxy) is 1. The van der Waals surface area contributed by atoms with E-state index in [9.17, 15) is 19.5 Å². The van der Waals surface area contributed by atoms with Crippen molar-refractivity contribution in [1.82, 2.24) is 4.90 Å². The molecule has 1 aliphatic rings. The van der Waals surface area contributed by atoms with Gasteiger partial charge in [-0.3, -0.25) is 4.79 Å². The second kappa shape index (κ2) is 11.7. The molecule has 0 spiro atoms. The van der Waals surface area contributed by atoms with Gasteiger partial charge in [0.05, 0.1) is 5.56 Å². The Morgan fingerprint density at radius 1 is 1.03 bits per heavy atom. The minimum atomic E-state index is -1.08. The number of aromatic carboxylic acids is 1. The van der Waals surface area contributed by atoms with E-state index in [4.69, 9.17) is 4.74 Å². The molecule has 182 valence electrons. The summed E-state index contributed by atoms with van der Waals surface area (Å²) in [7, 11) is 0. The lowest BCUT2D eigenvalue weighted by atomic mass is 9.90. The molecule has 1 atom stereocenters. The number of hydrogen-bond acceptors (Lipinski definition) is 5. The molecule has 1 fully saturated rings. The molecule has 4 rings (SSSR count). The molecule has 8 heteroatoms. The van der Waals surface area contributed by atoms with Crippen LogP contribution in [0, 0.1) is 0 Å². The number of likely N-dealkylation sites (tertiary alicyclic amines) is 1. The predicted octanol–water partition coefficient (Wildman–Crippen LogP) is 5.53. The molecule has 1 aliphatic heterocycles. The lowest BCUT2D eigenvalue weighted by molar-refractivity contribution is -0.116. The fourth-order valence-electron chi connectivity index (χ4n) is 4.28. The number of thiophene rings is 1. The van der Waals surface area contributed by atoms with Gasteiger partial charge < -0.3 is 20.1 Å². The van der Waals surface area contributed by atoms with Crippen LogP contribution in [0.5, 0.6) is 0 Å². The van der Waals surface area contributed by atoms with Crippen LogP contribution in [0.4, 0.5) is 9.80 Å². The minimum absolute atomic E-state index is 0.118. The molecule has 1 saturated heterocycles. The molecule has 0 bridgehead atoms. The molecule has 3 aromatic rings. The SMILES string of the molecule is O=C(CCc1ccccc1)Nc1scc(C2CCCN(C(=O)OCc3ccccc3)C2)c1C(=O)O. The number of carbonyl (C=O) groups excluding carboxylic acids is 2. The van der Waals surface area contributed by atoms with Gasteiger partial charge in [0.2, 0.25) is 5.91 Å². The summed E-state index contributed by atoms with van der Waals surface area (Å²) in [4.78, 5) is 38.9. The van der Waals surface area contributed by atoms with Crippen LogP contribution in [0.15, 0.2) is 66.0 Å². The Hall–Kier alpha value is -3.65. The molecule has 1 unspecified atom stereocenters. The predicted molar refractivity (Wildman–Crippen MR) is 135 cm³/mol. The molecule has 0 saturated carbocycles. The van der Waals surface area contributed by atoms with Crippen LogP contribution >= 0.6 is 11.3 Å². The molecule has 7 nitrogen and oxygen atoms in total. The lowest BCUT2D eigenvalue weighted by Gasteiger charge is -2.32. The number of carbonyl (C=O) groups is 3. The van der Waals surface area contributed by atoms with Gasteiger partial charge in [0.1, 0.15) is 11.6 Å². The van der Waals surface area contributed by atoms with Crippen molar-refractivity contribution in [2.75, 3.05) is 18.4 Å². The highest BCUT2D eigenvalue weighted by Crippen LogP contribution is 2.37. The van der Waals surface area contributed by atoms with E-state index < -0.39 is 12.1 Å². The number of hydrogen-bond donors (Lipinski definition) is 2. The number of nitrogens with zero attached hydrogens (tertiary/aromatic N) is 1. The number of carboxylic acids is 1. The van der Waals surface area contributed by atoms with Gasteiger partial charge in [0, 0.05) is 25.4 Å². The van der Waals surface area contributed by atoms with E-state index in [1.54, 1.807) is 10.3 Å². The summed E-state index contributed by atoms with van der Waals surface area (Å²) < 4.78 is 5.47. The van der Waals surface area contributed by atoms with E-state index in [1.165, 1.54) is 11.3 Å². The molecule has 2 amide bonds. The van der Waals surface area contributed by atoms with Crippen molar-refractivity contribution in [3.8, 4) is 0 Å². The minimum Gasteiger partial charge on any atom is -0.478 e. The topological polar surface area (TPSA) is 95.9 Å². The average Bonchev–Trinajstić information content (AvgIpc) is 3.31. The quantitative estimate of drug-likeness (QED) is 0.431. The van der Waals surface area contributed by atoms with Crippen molar-refractivity contribution < 1.29 is 24.2 Å². The maximum atomic E-state index is 12.6. The van der Waals surface area contributed by atoms with Gasteiger partial charge in [-0.25, -0.2) is 9.59 Å². The third kappa shape index (κ3) is 6.48. The zero-order valence-corrected chi connectivity index (χ0v) is 20.1.